The van der Waals surface area contributed by atoms with Gasteiger partial charge in [-0.1, -0.05) is 42.5 Å². The molecule has 1 aromatic heterocycles. The topological polar surface area (TPSA) is 206 Å². The number of hydrogen-bond acceptors (Lipinski definition) is 13. The van der Waals surface area contributed by atoms with Crippen LogP contribution in [0.5, 0.6) is 23.0 Å². The fourth-order valence-corrected chi connectivity index (χ4v) is 9.53. The molecule has 6 aromatic rings. The van der Waals surface area contributed by atoms with Crippen molar-refractivity contribution < 1.29 is 63.3 Å². The maximum atomic E-state index is 12.9. The molecule has 316 valence electrons. The van der Waals surface area contributed by atoms with Crippen LogP contribution in [-0.2, 0) is 35.4 Å². The molecule has 10 rings (SSSR count). The van der Waals surface area contributed by atoms with E-state index in [1.807, 2.05) is 18.2 Å². The van der Waals surface area contributed by atoms with Gasteiger partial charge in [0.2, 0.25) is 12.2 Å². The van der Waals surface area contributed by atoms with Gasteiger partial charge in [-0.3, -0.25) is 4.79 Å². The van der Waals surface area contributed by atoms with Gasteiger partial charge in [0.25, 0.3) is 0 Å². The Kier molecular flexibility index (Phi) is 10.5. The predicted octanol–water partition coefficient (Wildman–Crippen LogP) is 4.75. The number of esters is 1. The van der Waals surface area contributed by atoms with Crippen LogP contribution in [0.4, 0.5) is 0 Å². The highest BCUT2D eigenvalue weighted by Gasteiger charge is 2.47. The molecule has 5 heterocycles. The molecule has 0 spiro atoms. The number of nitrogens with zero attached hydrogens (tertiary/aromatic N) is 1. The number of carbonyl (C=O) groups excluding carboxylic acids is 1. The van der Waals surface area contributed by atoms with Gasteiger partial charge in [0.05, 0.1) is 36.6 Å². The Morgan fingerprint density at radius 1 is 0.803 bits per heavy atom. The third kappa shape index (κ3) is 7.04. The number of quaternary nitrogens is 1. The predicted molar refractivity (Wildman–Crippen MR) is 220 cm³/mol. The van der Waals surface area contributed by atoms with Crippen LogP contribution >= 0.6 is 0 Å². The van der Waals surface area contributed by atoms with Gasteiger partial charge in [-0.25, -0.2) is 4.79 Å². The first-order valence-electron chi connectivity index (χ1n) is 20.1. The number of carbonyl (C=O) groups is 1. The molecule has 0 bridgehead atoms. The molecule has 0 aliphatic carbocycles. The normalized spacial score (nSPS) is 24.9. The smallest absolute Gasteiger partial charge is 0.338 e. The zero-order chi connectivity index (χ0) is 42.7. The summed E-state index contributed by atoms with van der Waals surface area (Å²) < 4.78 is 28.7. The summed E-state index contributed by atoms with van der Waals surface area (Å²) in [6.07, 6.45) is -4.75. The number of rotatable bonds is 5. The quantitative estimate of drug-likeness (QED) is 0.0602. The molecule has 0 radical (unpaired) electrons. The average molecular weight is 833 g/mol. The van der Waals surface area contributed by atoms with E-state index in [0.29, 0.717) is 22.7 Å². The maximum absolute atomic E-state index is 12.9. The van der Waals surface area contributed by atoms with Crippen molar-refractivity contribution in [1.82, 2.24) is 0 Å². The van der Waals surface area contributed by atoms with E-state index in [1.165, 1.54) is 35.4 Å². The van der Waals surface area contributed by atoms with Crippen molar-refractivity contribution in [3.63, 3.8) is 0 Å². The highest BCUT2D eigenvalue weighted by molar-refractivity contribution is 5.92. The van der Waals surface area contributed by atoms with Gasteiger partial charge < -0.3 is 58.5 Å². The van der Waals surface area contributed by atoms with Crippen molar-refractivity contribution in [3.05, 3.63) is 140 Å². The Morgan fingerprint density at radius 3 is 2.26 bits per heavy atom. The van der Waals surface area contributed by atoms with Crippen LogP contribution in [0, 0.1) is 6.92 Å². The Morgan fingerprint density at radius 2 is 1.49 bits per heavy atom. The number of methoxy groups -OCH3 is 1. The van der Waals surface area contributed by atoms with Crippen LogP contribution in [0.2, 0.25) is 0 Å². The van der Waals surface area contributed by atoms with Gasteiger partial charge in [-0.05, 0) is 65.6 Å². The van der Waals surface area contributed by atoms with Gasteiger partial charge in [0.1, 0.15) is 60.8 Å². The third-order valence-electron chi connectivity index (χ3n) is 12.8. The lowest BCUT2D eigenvalue weighted by Gasteiger charge is -2.51. The van der Waals surface area contributed by atoms with E-state index in [9.17, 15) is 40.2 Å². The van der Waals surface area contributed by atoms with Gasteiger partial charge in [0.15, 0.2) is 23.0 Å². The number of ether oxygens (including phenoxy) is 4. The van der Waals surface area contributed by atoms with Crippen LogP contribution in [0.3, 0.4) is 0 Å². The lowest BCUT2D eigenvalue weighted by Crippen LogP contribution is -2.55. The number of aryl methyl sites for hydroxylation is 1. The van der Waals surface area contributed by atoms with Gasteiger partial charge in [-0.2, -0.15) is 0 Å². The fraction of sp³-hybridized carbons (Fsp3) is 0.319. The van der Waals surface area contributed by atoms with E-state index < -0.39 is 54.1 Å². The van der Waals surface area contributed by atoms with E-state index in [1.54, 1.807) is 13.0 Å². The van der Waals surface area contributed by atoms with Crippen molar-refractivity contribution >= 4 is 27.9 Å². The Hall–Kier alpha value is -6.00. The summed E-state index contributed by atoms with van der Waals surface area (Å²) in [5.41, 5.74) is 8.04. The van der Waals surface area contributed by atoms with E-state index in [4.69, 9.17) is 23.4 Å². The fourth-order valence-electron chi connectivity index (χ4n) is 9.53. The molecule has 4 aliphatic heterocycles. The molecule has 7 unspecified atom stereocenters. The van der Waals surface area contributed by atoms with Crippen molar-refractivity contribution in [2.75, 3.05) is 27.1 Å². The molecule has 14 nitrogen and oxygen atoms in total. The minimum atomic E-state index is -1.55. The molecular formula is C47H46NO13+. The SMILES string of the molecule is COC(=O)c1ccccc1C[N+]12CCc3cc4c(cc3C1Cc1ccccc1C2)OCO4.Cc1cc2oc3cc(O)c(O)cc3c(=O)c2cc1C1OC(CO)C(O)C(O)C1O. The van der Waals surface area contributed by atoms with Gasteiger partial charge in [-0.15, -0.1) is 0 Å². The molecule has 61 heavy (non-hydrogen) atoms. The lowest BCUT2D eigenvalue weighted by atomic mass is 9.80. The molecule has 6 N–H and O–H groups in total. The molecule has 14 heteroatoms. The van der Waals surface area contributed by atoms with Gasteiger partial charge >= 0.3 is 5.97 Å². The highest BCUT2D eigenvalue weighted by atomic mass is 16.7. The largest absolute Gasteiger partial charge is 0.504 e. The zero-order valence-corrected chi connectivity index (χ0v) is 33.5. The standard InChI is InChI=1S/C27H26NO4.C20H20O9/c1-30-27(29)22-9-5-4-8-21(22)16-28-11-10-19-13-25-26(32-17-31-25)14-23(19)24(28)12-18-6-2-3-7-20(18)15-28;1-7-2-13-9(16(24)10-4-11(22)12(23)5-14(10)28-13)3-8(7)20-19(27)18(26)17(25)15(6-21)29-20/h2-9,13-14,24H,10-12,15-17H2,1H3;2-5,15,17-23,25-27H,6H2,1H3/q+1;. The van der Waals surface area contributed by atoms with Crippen molar-refractivity contribution in [3.8, 4) is 23.0 Å². The second kappa shape index (κ2) is 15.8. The van der Waals surface area contributed by atoms with Gasteiger partial charge in [0, 0.05) is 35.6 Å². The van der Waals surface area contributed by atoms with Crippen LogP contribution in [-0.4, -0.2) is 92.6 Å². The van der Waals surface area contributed by atoms with Crippen molar-refractivity contribution in [1.29, 1.82) is 0 Å². The van der Waals surface area contributed by atoms with Crippen molar-refractivity contribution in [2.24, 2.45) is 0 Å². The third-order valence-corrected chi connectivity index (χ3v) is 12.8. The Labute approximate surface area is 349 Å². The number of phenols is 2. The first-order chi connectivity index (χ1) is 29.4. The van der Waals surface area contributed by atoms with Crippen molar-refractivity contribution in [2.45, 2.75) is 69.4 Å². The number of benzene rings is 5. The number of aliphatic hydroxyl groups excluding tert-OH is 4. The van der Waals surface area contributed by atoms with Crippen LogP contribution in [0.15, 0.2) is 94.1 Å². The molecule has 7 atom stereocenters. The summed E-state index contributed by atoms with van der Waals surface area (Å²) >= 11 is 0. The molecule has 5 aromatic carbocycles. The number of aromatic hydroxyl groups is 2. The van der Waals surface area contributed by atoms with E-state index >= 15 is 0 Å². The summed E-state index contributed by atoms with van der Waals surface area (Å²) in [6, 6.07) is 26.6. The second-order valence-electron chi connectivity index (χ2n) is 16.3. The van der Waals surface area contributed by atoms with E-state index in [2.05, 4.69) is 42.5 Å². The van der Waals surface area contributed by atoms with Crippen LogP contribution in [0.25, 0.3) is 21.9 Å². The lowest BCUT2D eigenvalue weighted by molar-refractivity contribution is -0.985. The highest BCUT2D eigenvalue weighted by Crippen LogP contribution is 2.49. The summed E-state index contributed by atoms with van der Waals surface area (Å²) in [7, 11) is 1.45. The summed E-state index contributed by atoms with van der Waals surface area (Å²) in [5.74, 6) is 0.544. The van der Waals surface area contributed by atoms with E-state index in [0.717, 1.165) is 66.2 Å². The summed E-state index contributed by atoms with van der Waals surface area (Å²) in [4.78, 5) is 25.4. The molecule has 0 amide bonds. The minimum absolute atomic E-state index is 0.0522. The molecule has 1 saturated heterocycles. The number of hydrogen-bond donors (Lipinski definition) is 6. The maximum Gasteiger partial charge on any atom is 0.338 e. The Balaban J connectivity index is 0.000000157. The monoisotopic (exact) mass is 832 g/mol. The number of phenolic OH excluding ortho intramolecular Hbond substituents is 2. The first kappa shape index (κ1) is 40.4. The summed E-state index contributed by atoms with van der Waals surface area (Å²) in [5, 5.41) is 59.4. The minimum Gasteiger partial charge on any atom is -0.504 e. The summed E-state index contributed by atoms with van der Waals surface area (Å²) in [6.45, 7) is 4.17. The van der Waals surface area contributed by atoms with Crippen LogP contribution in [0.1, 0.15) is 61.4 Å². The van der Waals surface area contributed by atoms with Crippen LogP contribution < -0.4 is 14.9 Å². The molecule has 4 aliphatic rings. The second-order valence-corrected chi connectivity index (χ2v) is 16.3. The van der Waals surface area contributed by atoms with E-state index in [-0.39, 0.29) is 34.7 Å². The molecule has 0 saturated carbocycles. The number of aliphatic hydroxyl groups is 4. The average Bonchev–Trinajstić information content (AvgIpc) is 3.73. The first-order valence-corrected chi connectivity index (χ1v) is 20.1. The number of fused-ring (bicyclic) bond motifs is 7. The molecule has 1 fully saturated rings. The molecular weight excluding hydrogens is 787 g/mol. The Bertz CT molecular complexity index is 2750. The zero-order valence-electron chi connectivity index (χ0n) is 33.5.